The van der Waals surface area contributed by atoms with Crippen molar-refractivity contribution in [2.75, 3.05) is 0 Å². The Hall–Kier alpha value is -2.61. The Balaban J connectivity index is 2.11. The van der Waals surface area contributed by atoms with E-state index in [0.29, 0.717) is 23.2 Å². The van der Waals surface area contributed by atoms with Gasteiger partial charge in [0.15, 0.2) is 23.2 Å². The van der Waals surface area contributed by atoms with Crippen LogP contribution in [0.2, 0.25) is 0 Å². The lowest BCUT2D eigenvalue weighted by atomic mass is 10.2. The molecule has 0 fully saturated rings. The Labute approximate surface area is 135 Å². The lowest BCUT2D eigenvalue weighted by molar-refractivity contribution is 0.424. The van der Waals surface area contributed by atoms with E-state index in [1.54, 1.807) is 25.1 Å². The number of benzene rings is 2. The number of fused-ring (bicyclic) bond motifs is 1. The highest BCUT2D eigenvalue weighted by Crippen LogP contribution is 2.28. The summed E-state index contributed by atoms with van der Waals surface area (Å²) in [5.41, 5.74) is 0.874. The highest BCUT2D eigenvalue weighted by atomic mass is 32.2. The van der Waals surface area contributed by atoms with Gasteiger partial charge < -0.3 is 4.18 Å². The fraction of sp³-hybridized carbons (Fsp3) is 0.0625. The summed E-state index contributed by atoms with van der Waals surface area (Å²) in [5, 5.41) is 0.610. The third kappa shape index (κ3) is 2.80. The van der Waals surface area contributed by atoms with E-state index >= 15 is 0 Å². The van der Waals surface area contributed by atoms with Gasteiger partial charge in [-0.1, -0.05) is 18.2 Å². The summed E-state index contributed by atoms with van der Waals surface area (Å²) in [6, 6.07) is 9.13. The minimum Gasteiger partial charge on any atom is -0.377 e. The molecule has 1 aromatic heterocycles. The molecule has 0 amide bonds. The predicted molar refractivity (Wildman–Crippen MR) is 80.6 cm³/mol. The molecule has 0 radical (unpaired) electrons. The first-order valence-electron chi connectivity index (χ1n) is 6.74. The zero-order valence-electron chi connectivity index (χ0n) is 12.3. The fourth-order valence-corrected chi connectivity index (χ4v) is 3.15. The standard InChI is InChI=1S/C16H10F3NO3S/c1-9-5-6-10-3-2-4-12(16(10)20-9)23-24(21,22)13-8-7-11(17)14(18)15(13)19/h2-8H,1H3. The summed E-state index contributed by atoms with van der Waals surface area (Å²) in [5.74, 6) is -5.35. The lowest BCUT2D eigenvalue weighted by Crippen LogP contribution is -2.13. The monoisotopic (exact) mass is 353 g/mol. The van der Waals surface area contributed by atoms with Crippen molar-refractivity contribution in [3.8, 4) is 5.75 Å². The van der Waals surface area contributed by atoms with Crippen LogP contribution in [0.3, 0.4) is 0 Å². The summed E-state index contributed by atoms with van der Waals surface area (Å²) in [6.07, 6.45) is 0. The molecule has 0 unspecified atom stereocenters. The van der Waals surface area contributed by atoms with Gasteiger partial charge in [-0.15, -0.1) is 0 Å². The van der Waals surface area contributed by atoms with Crippen molar-refractivity contribution < 1.29 is 25.8 Å². The van der Waals surface area contributed by atoms with Crippen molar-refractivity contribution in [3.05, 3.63) is 65.6 Å². The molecule has 8 heteroatoms. The lowest BCUT2D eigenvalue weighted by Gasteiger charge is -2.10. The van der Waals surface area contributed by atoms with Crippen molar-refractivity contribution in [2.45, 2.75) is 11.8 Å². The molecule has 24 heavy (non-hydrogen) atoms. The first kappa shape index (κ1) is 16.3. The minimum atomic E-state index is -4.71. The zero-order valence-corrected chi connectivity index (χ0v) is 13.1. The number of para-hydroxylation sites is 1. The largest absolute Gasteiger partial charge is 0.377 e. The van der Waals surface area contributed by atoms with Gasteiger partial charge in [-0.2, -0.15) is 8.42 Å². The number of hydrogen-bond acceptors (Lipinski definition) is 4. The van der Waals surface area contributed by atoms with Crippen LogP contribution in [0.25, 0.3) is 10.9 Å². The second kappa shape index (κ2) is 5.79. The van der Waals surface area contributed by atoms with Gasteiger partial charge in [0, 0.05) is 11.1 Å². The molecule has 3 rings (SSSR count). The van der Waals surface area contributed by atoms with E-state index in [1.165, 1.54) is 12.1 Å². The summed E-state index contributed by atoms with van der Waals surface area (Å²) in [4.78, 5) is 3.10. The van der Waals surface area contributed by atoms with Gasteiger partial charge in [0.2, 0.25) is 0 Å². The maximum atomic E-state index is 13.7. The van der Waals surface area contributed by atoms with Gasteiger partial charge in [0.25, 0.3) is 0 Å². The highest BCUT2D eigenvalue weighted by molar-refractivity contribution is 7.87. The number of aryl methyl sites for hydroxylation is 1. The van der Waals surface area contributed by atoms with E-state index in [1.807, 2.05) is 0 Å². The number of nitrogens with zero attached hydrogens (tertiary/aromatic N) is 1. The topological polar surface area (TPSA) is 56.3 Å². The van der Waals surface area contributed by atoms with E-state index in [0.717, 1.165) is 0 Å². The Kier molecular flexibility index (Phi) is 3.92. The molecule has 0 N–H and O–H groups in total. The molecule has 2 aromatic carbocycles. The molecule has 0 saturated carbocycles. The maximum absolute atomic E-state index is 13.7. The second-order valence-electron chi connectivity index (χ2n) is 4.99. The number of halogens is 3. The van der Waals surface area contributed by atoms with Crippen molar-refractivity contribution in [1.82, 2.24) is 4.98 Å². The van der Waals surface area contributed by atoms with Crippen LogP contribution in [0, 0.1) is 24.4 Å². The molecule has 0 atom stereocenters. The van der Waals surface area contributed by atoms with E-state index in [4.69, 9.17) is 4.18 Å². The smallest absolute Gasteiger partial charge is 0.342 e. The molecule has 124 valence electrons. The Bertz CT molecular complexity index is 1050. The molecule has 0 spiro atoms. The van der Waals surface area contributed by atoms with Gasteiger partial charge in [-0.25, -0.2) is 18.2 Å². The van der Waals surface area contributed by atoms with Crippen molar-refractivity contribution in [3.63, 3.8) is 0 Å². The average molecular weight is 353 g/mol. The summed E-state index contributed by atoms with van der Waals surface area (Å²) >= 11 is 0. The highest BCUT2D eigenvalue weighted by Gasteiger charge is 2.26. The van der Waals surface area contributed by atoms with Gasteiger partial charge in [-0.3, -0.25) is 0 Å². The van der Waals surface area contributed by atoms with Crippen LogP contribution >= 0.6 is 0 Å². The normalized spacial score (nSPS) is 11.7. The molecule has 0 saturated heterocycles. The number of aromatic nitrogens is 1. The van der Waals surface area contributed by atoms with Gasteiger partial charge in [-0.05, 0) is 31.2 Å². The summed E-state index contributed by atoms with van der Waals surface area (Å²) in [7, 11) is -4.71. The molecular formula is C16H10F3NO3S. The predicted octanol–water partition coefficient (Wildman–Crippen LogP) is 3.73. The van der Waals surface area contributed by atoms with Crippen molar-refractivity contribution >= 4 is 21.0 Å². The molecule has 1 heterocycles. The van der Waals surface area contributed by atoms with Crippen molar-refractivity contribution in [2.24, 2.45) is 0 Å². The molecule has 4 nitrogen and oxygen atoms in total. The van der Waals surface area contributed by atoms with Crippen molar-refractivity contribution in [1.29, 1.82) is 0 Å². The van der Waals surface area contributed by atoms with Crippen LogP contribution in [0.1, 0.15) is 5.69 Å². The molecule has 3 aromatic rings. The summed E-state index contributed by atoms with van der Waals surface area (Å²) < 4.78 is 69.4. The third-order valence-electron chi connectivity index (χ3n) is 3.29. The zero-order chi connectivity index (χ0) is 17.5. The SMILES string of the molecule is Cc1ccc2cccc(OS(=O)(=O)c3ccc(F)c(F)c3F)c2n1. The van der Waals surface area contributed by atoms with Crippen LogP contribution < -0.4 is 4.18 Å². The van der Waals surface area contributed by atoms with E-state index in [-0.39, 0.29) is 11.3 Å². The van der Waals surface area contributed by atoms with E-state index in [2.05, 4.69) is 4.98 Å². The Morgan fingerprint density at radius 1 is 0.958 bits per heavy atom. The molecular weight excluding hydrogens is 343 g/mol. The number of pyridine rings is 1. The fourth-order valence-electron chi connectivity index (χ4n) is 2.15. The minimum absolute atomic E-state index is 0.139. The first-order valence-corrected chi connectivity index (χ1v) is 8.15. The molecule has 0 aliphatic rings. The summed E-state index contributed by atoms with van der Waals surface area (Å²) in [6.45, 7) is 1.71. The van der Waals surface area contributed by atoms with Gasteiger partial charge >= 0.3 is 10.1 Å². The second-order valence-corrected chi connectivity index (χ2v) is 6.51. The van der Waals surface area contributed by atoms with Crippen LogP contribution in [-0.4, -0.2) is 13.4 Å². The average Bonchev–Trinajstić information content (AvgIpc) is 2.53. The van der Waals surface area contributed by atoms with Crippen LogP contribution in [0.15, 0.2) is 47.4 Å². The van der Waals surface area contributed by atoms with Gasteiger partial charge in [0.1, 0.15) is 10.4 Å². The van der Waals surface area contributed by atoms with Gasteiger partial charge in [0.05, 0.1) is 0 Å². The van der Waals surface area contributed by atoms with E-state index in [9.17, 15) is 21.6 Å². The molecule has 0 aliphatic heterocycles. The molecule has 0 aliphatic carbocycles. The maximum Gasteiger partial charge on any atom is 0.342 e. The van der Waals surface area contributed by atoms with Crippen LogP contribution in [0.5, 0.6) is 5.75 Å². The first-order chi connectivity index (χ1) is 11.3. The quantitative estimate of drug-likeness (QED) is 0.532. The third-order valence-corrected chi connectivity index (χ3v) is 4.54. The number of hydrogen-bond donors (Lipinski definition) is 0. The van der Waals surface area contributed by atoms with Crippen LogP contribution in [0.4, 0.5) is 13.2 Å². The van der Waals surface area contributed by atoms with E-state index < -0.39 is 32.5 Å². The Morgan fingerprint density at radius 3 is 2.46 bits per heavy atom. The molecule has 0 bridgehead atoms. The number of rotatable bonds is 3. The van der Waals surface area contributed by atoms with Crippen LogP contribution in [-0.2, 0) is 10.1 Å². The Morgan fingerprint density at radius 2 is 1.71 bits per heavy atom.